The van der Waals surface area contributed by atoms with Crippen LogP contribution in [0.1, 0.15) is 32.1 Å². The summed E-state index contributed by atoms with van der Waals surface area (Å²) in [5.74, 6) is 1.90. The van der Waals surface area contributed by atoms with E-state index < -0.39 is 0 Å². The molecule has 1 aliphatic heterocycles. The van der Waals surface area contributed by atoms with Crippen molar-refractivity contribution in [3.8, 4) is 0 Å². The van der Waals surface area contributed by atoms with Crippen LogP contribution in [0, 0.1) is 5.92 Å². The van der Waals surface area contributed by atoms with Crippen molar-refractivity contribution >= 4 is 39.2 Å². The molecule has 1 amide bonds. The first-order valence-corrected chi connectivity index (χ1v) is 12.9. The van der Waals surface area contributed by atoms with Gasteiger partial charge in [-0.2, -0.15) is 4.37 Å². The lowest BCUT2D eigenvalue weighted by Crippen LogP contribution is -2.47. The number of amides is 1. The SMILES string of the molecule is O=C(Nc1ccccc1)OC1CCC(CCN2CCN(c3nsc4ccccc34)CC2)CC1. The van der Waals surface area contributed by atoms with E-state index >= 15 is 0 Å². The van der Waals surface area contributed by atoms with E-state index in [1.54, 1.807) is 11.5 Å². The first-order chi connectivity index (χ1) is 16.2. The number of nitrogens with one attached hydrogen (secondary N) is 1. The number of carbonyl (C=O) groups excluding carboxylic acids is 1. The predicted octanol–water partition coefficient (Wildman–Crippen LogP) is 5.62. The zero-order valence-electron chi connectivity index (χ0n) is 19.0. The molecule has 1 saturated carbocycles. The normalized spacial score (nSPS) is 21.8. The fourth-order valence-corrected chi connectivity index (χ4v) is 5.80. The van der Waals surface area contributed by atoms with Crippen molar-refractivity contribution in [3.05, 3.63) is 54.6 Å². The van der Waals surface area contributed by atoms with Crippen molar-refractivity contribution in [2.45, 2.75) is 38.2 Å². The Bertz CT molecular complexity index is 1040. The molecular formula is C26H32N4O2S. The minimum absolute atomic E-state index is 0.0430. The average Bonchev–Trinajstić information content (AvgIpc) is 3.29. The van der Waals surface area contributed by atoms with Crippen LogP contribution in [0.15, 0.2) is 54.6 Å². The van der Waals surface area contributed by atoms with Crippen molar-refractivity contribution in [2.24, 2.45) is 5.92 Å². The summed E-state index contributed by atoms with van der Waals surface area (Å²) in [7, 11) is 0. The Morgan fingerprint density at radius 1 is 0.970 bits per heavy atom. The van der Waals surface area contributed by atoms with Gasteiger partial charge in [0.2, 0.25) is 0 Å². The molecule has 6 nitrogen and oxygen atoms in total. The number of hydrogen-bond acceptors (Lipinski definition) is 6. The second kappa shape index (κ2) is 10.5. The van der Waals surface area contributed by atoms with Crippen LogP contribution < -0.4 is 10.2 Å². The van der Waals surface area contributed by atoms with Gasteiger partial charge in [0.25, 0.3) is 0 Å². The molecule has 7 heteroatoms. The molecule has 2 fully saturated rings. The maximum absolute atomic E-state index is 12.1. The van der Waals surface area contributed by atoms with Gasteiger partial charge in [0.05, 0.1) is 4.70 Å². The number of fused-ring (bicyclic) bond motifs is 1. The van der Waals surface area contributed by atoms with Crippen LogP contribution in [0.2, 0.25) is 0 Å². The van der Waals surface area contributed by atoms with Crippen molar-refractivity contribution in [1.29, 1.82) is 0 Å². The quantitative estimate of drug-likeness (QED) is 0.513. The van der Waals surface area contributed by atoms with E-state index in [0.29, 0.717) is 0 Å². The average molecular weight is 465 g/mol. The Labute approximate surface area is 199 Å². The number of ether oxygens (including phenoxy) is 1. The molecule has 0 unspecified atom stereocenters. The van der Waals surface area contributed by atoms with E-state index in [9.17, 15) is 4.79 Å². The van der Waals surface area contributed by atoms with Crippen molar-refractivity contribution in [1.82, 2.24) is 9.27 Å². The van der Waals surface area contributed by atoms with Gasteiger partial charge in [-0.05, 0) is 80.4 Å². The summed E-state index contributed by atoms with van der Waals surface area (Å²) in [5, 5.41) is 4.10. The molecule has 0 spiro atoms. The Morgan fingerprint density at radius 2 is 1.70 bits per heavy atom. The number of anilines is 2. The van der Waals surface area contributed by atoms with Crippen LogP contribution in [0.5, 0.6) is 0 Å². The summed E-state index contributed by atoms with van der Waals surface area (Å²) in [5.41, 5.74) is 0.777. The molecule has 1 saturated heterocycles. The Balaban J connectivity index is 1.00. The number of carbonyl (C=O) groups is 1. The Kier molecular flexibility index (Phi) is 7.07. The molecule has 3 aromatic rings. The summed E-state index contributed by atoms with van der Waals surface area (Å²) < 4.78 is 11.6. The zero-order valence-corrected chi connectivity index (χ0v) is 19.8. The highest BCUT2D eigenvalue weighted by Crippen LogP contribution is 2.31. The highest BCUT2D eigenvalue weighted by Gasteiger charge is 2.26. The smallest absolute Gasteiger partial charge is 0.411 e. The molecule has 1 N–H and O–H groups in total. The molecule has 0 atom stereocenters. The molecule has 2 aromatic carbocycles. The van der Waals surface area contributed by atoms with E-state index in [1.807, 2.05) is 30.3 Å². The molecular weight excluding hydrogens is 432 g/mol. The minimum atomic E-state index is -0.338. The van der Waals surface area contributed by atoms with Gasteiger partial charge in [0.1, 0.15) is 11.9 Å². The first-order valence-electron chi connectivity index (χ1n) is 12.1. The summed E-state index contributed by atoms with van der Waals surface area (Å²) in [6.07, 6.45) is 5.18. The summed E-state index contributed by atoms with van der Waals surface area (Å²) in [6, 6.07) is 18.0. The van der Waals surface area contributed by atoms with E-state index in [2.05, 4.69) is 39.4 Å². The van der Waals surface area contributed by atoms with Gasteiger partial charge in [-0.25, -0.2) is 4.79 Å². The molecule has 0 bridgehead atoms. The van der Waals surface area contributed by atoms with E-state index in [4.69, 9.17) is 9.11 Å². The summed E-state index contributed by atoms with van der Waals surface area (Å²) >= 11 is 1.60. The van der Waals surface area contributed by atoms with E-state index in [0.717, 1.165) is 75.8 Å². The van der Waals surface area contributed by atoms with Crippen LogP contribution in [-0.2, 0) is 4.74 Å². The third-order valence-electron chi connectivity index (χ3n) is 6.97. The van der Waals surface area contributed by atoms with Gasteiger partial charge < -0.3 is 9.64 Å². The third kappa shape index (κ3) is 5.65. The second-order valence-corrected chi connectivity index (χ2v) is 9.96. The minimum Gasteiger partial charge on any atom is -0.446 e. The molecule has 1 aliphatic carbocycles. The summed E-state index contributed by atoms with van der Waals surface area (Å²) in [4.78, 5) is 17.2. The molecule has 5 rings (SSSR count). The molecule has 1 aromatic heterocycles. The number of nitrogens with zero attached hydrogens (tertiary/aromatic N) is 3. The van der Waals surface area contributed by atoms with Crippen LogP contribution in [0.4, 0.5) is 16.3 Å². The number of piperazine rings is 1. The highest BCUT2D eigenvalue weighted by molar-refractivity contribution is 7.13. The first kappa shape index (κ1) is 22.2. The molecule has 2 heterocycles. The molecule has 174 valence electrons. The lowest BCUT2D eigenvalue weighted by Gasteiger charge is -2.36. The monoisotopic (exact) mass is 464 g/mol. The van der Waals surface area contributed by atoms with Crippen LogP contribution >= 0.6 is 11.5 Å². The number of benzene rings is 2. The topological polar surface area (TPSA) is 57.7 Å². The maximum Gasteiger partial charge on any atom is 0.411 e. The lowest BCUT2D eigenvalue weighted by atomic mass is 9.85. The van der Waals surface area contributed by atoms with E-state index in [1.165, 1.54) is 16.5 Å². The van der Waals surface area contributed by atoms with Gasteiger partial charge in [0, 0.05) is 37.3 Å². The van der Waals surface area contributed by atoms with Crippen LogP contribution in [0.3, 0.4) is 0 Å². The number of rotatable bonds is 6. The fraction of sp³-hybridized carbons (Fsp3) is 0.462. The van der Waals surface area contributed by atoms with E-state index in [-0.39, 0.29) is 12.2 Å². The van der Waals surface area contributed by atoms with Crippen molar-refractivity contribution in [2.75, 3.05) is 42.9 Å². The highest BCUT2D eigenvalue weighted by atomic mass is 32.1. The standard InChI is InChI=1S/C26H32N4O2S/c31-26(27-21-6-2-1-3-7-21)32-22-12-10-20(11-13-22)14-15-29-16-18-30(19-17-29)25-23-8-4-5-9-24(23)33-28-25/h1-9,20,22H,10-19H2,(H,27,31). The van der Waals surface area contributed by atoms with Gasteiger partial charge in [-0.15, -0.1) is 0 Å². The summed E-state index contributed by atoms with van der Waals surface area (Å²) in [6.45, 7) is 5.46. The number of aromatic nitrogens is 1. The molecule has 33 heavy (non-hydrogen) atoms. The molecule has 0 radical (unpaired) electrons. The number of hydrogen-bond donors (Lipinski definition) is 1. The Hall–Kier alpha value is -2.64. The van der Waals surface area contributed by atoms with Crippen molar-refractivity contribution < 1.29 is 9.53 Å². The van der Waals surface area contributed by atoms with Gasteiger partial charge in [-0.3, -0.25) is 10.2 Å². The predicted molar refractivity (Wildman–Crippen MR) is 135 cm³/mol. The van der Waals surface area contributed by atoms with Gasteiger partial charge in [0.15, 0.2) is 0 Å². The lowest BCUT2D eigenvalue weighted by molar-refractivity contribution is 0.0709. The van der Waals surface area contributed by atoms with Crippen molar-refractivity contribution in [3.63, 3.8) is 0 Å². The third-order valence-corrected chi connectivity index (χ3v) is 7.79. The van der Waals surface area contributed by atoms with Crippen LogP contribution in [0.25, 0.3) is 10.1 Å². The zero-order chi connectivity index (χ0) is 22.5. The Morgan fingerprint density at radius 3 is 2.48 bits per heavy atom. The second-order valence-electron chi connectivity index (χ2n) is 9.16. The van der Waals surface area contributed by atoms with Gasteiger partial charge in [-0.1, -0.05) is 30.3 Å². The van der Waals surface area contributed by atoms with Crippen LogP contribution in [-0.4, -0.2) is 54.2 Å². The number of para-hydroxylation sites is 1. The molecule has 2 aliphatic rings. The largest absolute Gasteiger partial charge is 0.446 e. The van der Waals surface area contributed by atoms with Gasteiger partial charge >= 0.3 is 6.09 Å². The fourth-order valence-electron chi connectivity index (χ4n) is 5.01. The maximum atomic E-state index is 12.1.